The van der Waals surface area contributed by atoms with Gasteiger partial charge >= 0.3 is 5.97 Å². The maximum absolute atomic E-state index is 12.4. The molecule has 6 heteroatoms. The summed E-state index contributed by atoms with van der Waals surface area (Å²) in [6.07, 6.45) is 2.04. The number of nitrogens with zero attached hydrogens (tertiary/aromatic N) is 2. The molecule has 5 aromatic rings. The van der Waals surface area contributed by atoms with E-state index in [2.05, 4.69) is 16.4 Å². The molecule has 1 atom stereocenters. The fraction of sp³-hybridized carbons (Fsp3) is 0.161. The smallest absolute Gasteiger partial charge is 0.308 e. The van der Waals surface area contributed by atoms with Gasteiger partial charge in [0.25, 0.3) is 0 Å². The molecule has 4 aromatic carbocycles. The third kappa shape index (κ3) is 5.81. The van der Waals surface area contributed by atoms with Crippen LogP contribution in [-0.4, -0.2) is 22.1 Å². The third-order valence-electron chi connectivity index (χ3n) is 6.19. The molecule has 0 aliphatic heterocycles. The summed E-state index contributed by atoms with van der Waals surface area (Å²) in [7, 11) is 0. The van der Waals surface area contributed by atoms with Crippen LogP contribution in [0.4, 0.5) is 5.69 Å². The summed E-state index contributed by atoms with van der Waals surface area (Å²) < 4.78 is 13.4. The van der Waals surface area contributed by atoms with E-state index < -0.39 is 0 Å². The van der Waals surface area contributed by atoms with Crippen LogP contribution >= 0.6 is 0 Å². The molecule has 0 amide bonds. The highest BCUT2D eigenvalue weighted by atomic mass is 16.5. The predicted molar refractivity (Wildman–Crippen MR) is 146 cm³/mol. The Bertz CT molecular complexity index is 1470. The van der Waals surface area contributed by atoms with Crippen LogP contribution in [0.15, 0.2) is 109 Å². The lowest BCUT2D eigenvalue weighted by atomic mass is 10.0. The molecule has 0 bridgehead atoms. The van der Waals surface area contributed by atoms with Gasteiger partial charge in [-0.2, -0.15) is 0 Å². The second-order valence-electron chi connectivity index (χ2n) is 8.67. The Morgan fingerprint density at radius 1 is 0.919 bits per heavy atom. The molecule has 1 heterocycles. The monoisotopic (exact) mass is 491 g/mol. The first kappa shape index (κ1) is 24.1. The summed E-state index contributed by atoms with van der Waals surface area (Å²) in [5, 5.41) is 3.50. The maximum Gasteiger partial charge on any atom is 0.308 e. The second kappa shape index (κ2) is 11.4. The fourth-order valence-electron chi connectivity index (χ4n) is 4.38. The molecule has 1 unspecified atom stereocenters. The average molecular weight is 492 g/mol. The fourth-order valence-corrected chi connectivity index (χ4v) is 4.38. The van der Waals surface area contributed by atoms with E-state index in [1.807, 2.05) is 109 Å². The van der Waals surface area contributed by atoms with Crippen molar-refractivity contribution in [3.63, 3.8) is 0 Å². The summed E-state index contributed by atoms with van der Waals surface area (Å²) >= 11 is 0. The highest BCUT2D eigenvalue weighted by Gasteiger charge is 2.21. The van der Waals surface area contributed by atoms with Gasteiger partial charge < -0.3 is 19.4 Å². The highest BCUT2D eigenvalue weighted by Crippen LogP contribution is 2.29. The van der Waals surface area contributed by atoms with E-state index in [-0.39, 0.29) is 18.4 Å². The predicted octanol–water partition coefficient (Wildman–Crippen LogP) is 6.98. The van der Waals surface area contributed by atoms with Crippen molar-refractivity contribution in [2.24, 2.45) is 0 Å². The normalized spacial score (nSPS) is 11.7. The van der Waals surface area contributed by atoms with E-state index in [0.29, 0.717) is 13.2 Å². The molecule has 5 rings (SSSR count). The largest absolute Gasteiger partial charge is 0.466 e. The number of carbonyl (C=O) groups is 1. The van der Waals surface area contributed by atoms with E-state index in [1.54, 1.807) is 6.33 Å². The zero-order valence-electron chi connectivity index (χ0n) is 20.7. The molecule has 0 aliphatic rings. The summed E-state index contributed by atoms with van der Waals surface area (Å²) in [4.78, 5) is 17.1. The lowest BCUT2D eigenvalue weighted by Gasteiger charge is -2.19. The summed E-state index contributed by atoms with van der Waals surface area (Å²) in [6, 6.07) is 33.7. The highest BCUT2D eigenvalue weighted by molar-refractivity contribution is 5.80. The molecule has 0 aliphatic carbocycles. The van der Waals surface area contributed by atoms with Crippen molar-refractivity contribution in [2.75, 3.05) is 11.9 Å². The molecule has 0 fully saturated rings. The number of aromatic nitrogens is 2. The number of carbonyl (C=O) groups excluding carboxylic acids is 1. The van der Waals surface area contributed by atoms with Crippen molar-refractivity contribution in [1.82, 2.24) is 9.55 Å². The Morgan fingerprint density at radius 3 is 2.43 bits per heavy atom. The zero-order valence-corrected chi connectivity index (χ0v) is 20.7. The van der Waals surface area contributed by atoms with Crippen molar-refractivity contribution in [1.29, 1.82) is 0 Å². The number of para-hydroxylation sites is 2. The molecule has 0 saturated carbocycles. The van der Waals surface area contributed by atoms with Gasteiger partial charge in [-0.05, 0) is 48.9 Å². The van der Waals surface area contributed by atoms with E-state index in [4.69, 9.17) is 9.47 Å². The minimum atomic E-state index is -0.229. The number of fused-ring (bicyclic) bond motifs is 1. The van der Waals surface area contributed by atoms with Crippen molar-refractivity contribution in [2.45, 2.75) is 25.9 Å². The topological polar surface area (TPSA) is 65.4 Å². The number of esters is 1. The van der Waals surface area contributed by atoms with Gasteiger partial charge in [0.1, 0.15) is 11.5 Å². The van der Waals surface area contributed by atoms with Gasteiger partial charge in [0.2, 0.25) is 0 Å². The number of hydrogen-bond acceptors (Lipinski definition) is 5. The molecular formula is C31H29N3O3. The van der Waals surface area contributed by atoms with Gasteiger partial charge in [0.05, 0.1) is 36.4 Å². The second-order valence-corrected chi connectivity index (χ2v) is 8.67. The van der Waals surface area contributed by atoms with Crippen molar-refractivity contribution < 1.29 is 14.3 Å². The zero-order chi connectivity index (χ0) is 25.5. The number of nitrogens with one attached hydrogen (secondary N) is 1. The van der Waals surface area contributed by atoms with Crippen molar-refractivity contribution in [3.05, 3.63) is 121 Å². The van der Waals surface area contributed by atoms with Crippen LogP contribution in [0.2, 0.25) is 0 Å². The number of rotatable bonds is 10. The quantitative estimate of drug-likeness (QED) is 0.213. The molecule has 0 spiro atoms. The average Bonchev–Trinajstić information content (AvgIpc) is 3.35. The van der Waals surface area contributed by atoms with E-state index in [0.717, 1.165) is 39.3 Å². The van der Waals surface area contributed by atoms with Gasteiger partial charge in [-0.3, -0.25) is 4.79 Å². The number of imidazole rings is 1. The van der Waals surface area contributed by atoms with Gasteiger partial charge in [-0.15, -0.1) is 0 Å². The van der Waals surface area contributed by atoms with Crippen LogP contribution in [0.25, 0.3) is 11.0 Å². The summed E-state index contributed by atoms with van der Waals surface area (Å²) in [6.45, 7) is 2.78. The van der Waals surface area contributed by atoms with Crippen LogP contribution in [-0.2, 0) is 16.1 Å². The first-order valence-electron chi connectivity index (χ1n) is 12.4. The number of ether oxygens (including phenoxy) is 2. The van der Waals surface area contributed by atoms with E-state index in [1.165, 1.54) is 0 Å². The SMILES string of the molecule is CCOC(=O)CC(c1ccccc1)n1cnc2cc(NCc3ccccc3Oc3ccccc3)ccc21. The Morgan fingerprint density at radius 2 is 1.65 bits per heavy atom. The number of hydrogen-bond donors (Lipinski definition) is 1. The first-order valence-corrected chi connectivity index (χ1v) is 12.4. The maximum atomic E-state index is 12.4. The Balaban J connectivity index is 1.36. The standard InChI is InChI=1S/C31H29N3O3/c1-2-36-31(35)20-29(23-11-5-3-6-12-23)34-22-33-27-19-25(17-18-28(27)34)32-21-24-13-9-10-16-30(24)37-26-14-7-4-8-15-26/h3-19,22,29,32H,2,20-21H2,1H3. The van der Waals surface area contributed by atoms with Crippen molar-refractivity contribution in [3.8, 4) is 11.5 Å². The van der Waals surface area contributed by atoms with Gasteiger partial charge in [-0.25, -0.2) is 4.98 Å². The number of anilines is 1. The van der Waals surface area contributed by atoms with Crippen LogP contribution < -0.4 is 10.1 Å². The molecule has 0 saturated heterocycles. The lowest BCUT2D eigenvalue weighted by Crippen LogP contribution is -2.16. The molecule has 0 radical (unpaired) electrons. The molecular weight excluding hydrogens is 462 g/mol. The first-order chi connectivity index (χ1) is 18.2. The minimum absolute atomic E-state index is 0.203. The Kier molecular flexibility index (Phi) is 7.46. The molecule has 6 nitrogen and oxygen atoms in total. The Hall–Kier alpha value is -4.58. The minimum Gasteiger partial charge on any atom is -0.466 e. The van der Waals surface area contributed by atoms with Crippen LogP contribution in [0.3, 0.4) is 0 Å². The number of benzene rings is 4. The molecule has 37 heavy (non-hydrogen) atoms. The molecule has 1 aromatic heterocycles. The third-order valence-corrected chi connectivity index (χ3v) is 6.19. The van der Waals surface area contributed by atoms with Gasteiger partial charge in [-0.1, -0.05) is 66.7 Å². The van der Waals surface area contributed by atoms with Crippen LogP contribution in [0, 0.1) is 0 Å². The summed E-state index contributed by atoms with van der Waals surface area (Å²) in [5.74, 6) is 1.39. The van der Waals surface area contributed by atoms with E-state index in [9.17, 15) is 4.79 Å². The van der Waals surface area contributed by atoms with Gasteiger partial charge in [0, 0.05) is 17.8 Å². The van der Waals surface area contributed by atoms with Crippen LogP contribution in [0.1, 0.15) is 30.5 Å². The summed E-state index contributed by atoms with van der Waals surface area (Å²) in [5.41, 5.74) is 4.84. The lowest BCUT2D eigenvalue weighted by molar-refractivity contribution is -0.143. The van der Waals surface area contributed by atoms with Crippen molar-refractivity contribution >= 4 is 22.7 Å². The molecule has 186 valence electrons. The molecule has 1 N–H and O–H groups in total. The van der Waals surface area contributed by atoms with Crippen LogP contribution in [0.5, 0.6) is 11.5 Å². The van der Waals surface area contributed by atoms with Gasteiger partial charge in [0.15, 0.2) is 0 Å². The Labute approximate surface area is 216 Å². The van der Waals surface area contributed by atoms with E-state index >= 15 is 0 Å².